The highest BCUT2D eigenvalue weighted by atomic mass is 32.1. The number of anilines is 1. The van der Waals surface area contributed by atoms with Gasteiger partial charge in [-0.25, -0.2) is 4.98 Å². The van der Waals surface area contributed by atoms with Crippen molar-refractivity contribution in [3.8, 4) is 0 Å². The zero-order valence-electron chi connectivity index (χ0n) is 14.1. The van der Waals surface area contributed by atoms with E-state index in [9.17, 15) is 9.59 Å². The van der Waals surface area contributed by atoms with Gasteiger partial charge in [0.2, 0.25) is 11.8 Å². The summed E-state index contributed by atoms with van der Waals surface area (Å²) in [7, 11) is 0. The van der Waals surface area contributed by atoms with Crippen LogP contribution in [0.25, 0.3) is 0 Å². The van der Waals surface area contributed by atoms with E-state index in [2.05, 4.69) is 10.3 Å². The monoisotopic (exact) mass is 362 g/mol. The molecular weight excluding hydrogens is 340 g/mol. The van der Waals surface area contributed by atoms with E-state index in [4.69, 9.17) is 10.5 Å². The average Bonchev–Trinajstić information content (AvgIpc) is 3.30. The third kappa shape index (κ3) is 2.64. The third-order valence-corrected chi connectivity index (χ3v) is 5.95. The van der Waals surface area contributed by atoms with Crippen molar-refractivity contribution in [3.63, 3.8) is 0 Å². The number of hydrogen-bond donors (Lipinski definition) is 2. The standard InChI is InChI=1S/C17H22N4O3S/c1-2-7-21-9-17-5-3-11(24-17)12(13(17)15(21)23)14(22)19-6-4-10-8-25-16(18)20-10/h3,5,8,11-13H,2,4,6-7,9H2,1H3,(H2,18,20)(H,19,22)/t11-,12-,13+,17-/m1/s1. The average molecular weight is 362 g/mol. The molecule has 3 N–H and O–H groups in total. The van der Waals surface area contributed by atoms with E-state index in [1.807, 2.05) is 29.4 Å². The maximum Gasteiger partial charge on any atom is 0.230 e. The molecule has 2 saturated heterocycles. The molecule has 2 fully saturated rings. The van der Waals surface area contributed by atoms with E-state index in [-0.39, 0.29) is 17.9 Å². The summed E-state index contributed by atoms with van der Waals surface area (Å²) in [5.41, 5.74) is 5.88. The second kappa shape index (κ2) is 6.10. The molecule has 4 atom stereocenters. The largest absolute Gasteiger partial charge is 0.375 e. The lowest BCUT2D eigenvalue weighted by Gasteiger charge is -2.23. The number of nitrogen functional groups attached to an aromatic ring is 1. The molecule has 25 heavy (non-hydrogen) atoms. The maximum atomic E-state index is 12.8. The number of thiazole rings is 1. The van der Waals surface area contributed by atoms with Crippen molar-refractivity contribution in [2.45, 2.75) is 31.5 Å². The Kier molecular flexibility index (Phi) is 4.04. The van der Waals surface area contributed by atoms with Crippen LogP contribution in [0.5, 0.6) is 0 Å². The molecule has 0 unspecified atom stereocenters. The Labute approximate surface area is 150 Å². The molecule has 8 heteroatoms. The van der Waals surface area contributed by atoms with Crippen molar-refractivity contribution in [1.29, 1.82) is 0 Å². The molecule has 3 aliphatic heterocycles. The first kappa shape index (κ1) is 16.5. The number of nitrogens with one attached hydrogen (secondary N) is 1. The molecule has 0 aromatic carbocycles. The van der Waals surface area contributed by atoms with Gasteiger partial charge in [-0.1, -0.05) is 19.1 Å². The zero-order chi connectivity index (χ0) is 17.6. The summed E-state index contributed by atoms with van der Waals surface area (Å²) in [5, 5.41) is 5.37. The van der Waals surface area contributed by atoms with Crippen molar-refractivity contribution in [1.82, 2.24) is 15.2 Å². The number of nitrogens with two attached hydrogens (primary N) is 1. The molecule has 2 amide bonds. The quantitative estimate of drug-likeness (QED) is 0.722. The van der Waals surface area contributed by atoms with Crippen LogP contribution in [0.2, 0.25) is 0 Å². The van der Waals surface area contributed by atoms with Gasteiger partial charge in [0.05, 0.1) is 30.2 Å². The number of likely N-dealkylation sites (tertiary alicyclic amines) is 1. The first-order chi connectivity index (χ1) is 12.0. The Morgan fingerprint density at radius 1 is 1.60 bits per heavy atom. The molecule has 0 aliphatic carbocycles. The summed E-state index contributed by atoms with van der Waals surface area (Å²) < 4.78 is 6.07. The molecule has 1 spiro atoms. The SMILES string of the molecule is CCCN1C[C@@]23C=C[C@@H](O2)[C@@H](C(=O)NCCc2csc(N)n2)[C@H]3C1=O. The number of carbonyl (C=O) groups is 2. The second-order valence-corrected chi connectivity index (χ2v) is 7.77. The number of rotatable bonds is 6. The Bertz CT molecular complexity index is 733. The maximum absolute atomic E-state index is 12.8. The minimum atomic E-state index is -0.609. The fourth-order valence-electron chi connectivity index (χ4n) is 4.21. The number of fused-ring (bicyclic) bond motifs is 1. The van der Waals surface area contributed by atoms with Gasteiger partial charge in [-0.2, -0.15) is 0 Å². The Balaban J connectivity index is 1.42. The molecule has 7 nitrogen and oxygen atoms in total. The van der Waals surface area contributed by atoms with E-state index >= 15 is 0 Å². The van der Waals surface area contributed by atoms with Crippen molar-refractivity contribution >= 4 is 28.3 Å². The van der Waals surface area contributed by atoms with Gasteiger partial charge in [0.1, 0.15) is 5.60 Å². The molecule has 4 rings (SSSR count). The van der Waals surface area contributed by atoms with E-state index in [1.54, 1.807) is 0 Å². The fraction of sp³-hybridized carbons (Fsp3) is 0.588. The lowest BCUT2D eigenvalue weighted by Crippen LogP contribution is -2.44. The van der Waals surface area contributed by atoms with Gasteiger partial charge in [-0.15, -0.1) is 11.3 Å². The lowest BCUT2D eigenvalue weighted by atomic mass is 9.77. The topological polar surface area (TPSA) is 97.6 Å². The fourth-order valence-corrected chi connectivity index (χ4v) is 4.80. The van der Waals surface area contributed by atoms with Gasteiger partial charge in [-0.3, -0.25) is 9.59 Å². The highest BCUT2D eigenvalue weighted by Gasteiger charge is 2.66. The smallest absolute Gasteiger partial charge is 0.230 e. The first-order valence-electron chi connectivity index (χ1n) is 8.67. The summed E-state index contributed by atoms with van der Waals surface area (Å²) in [6, 6.07) is 0. The van der Waals surface area contributed by atoms with Crippen molar-refractivity contribution in [2.24, 2.45) is 11.8 Å². The van der Waals surface area contributed by atoms with Crippen molar-refractivity contribution in [2.75, 3.05) is 25.4 Å². The molecule has 0 saturated carbocycles. The van der Waals surface area contributed by atoms with Gasteiger partial charge >= 0.3 is 0 Å². The summed E-state index contributed by atoms with van der Waals surface area (Å²) in [4.78, 5) is 31.5. The number of ether oxygens (including phenoxy) is 1. The van der Waals surface area contributed by atoms with Crippen LogP contribution >= 0.6 is 11.3 Å². The summed E-state index contributed by atoms with van der Waals surface area (Å²) in [6.07, 6.45) is 5.14. The summed E-state index contributed by atoms with van der Waals surface area (Å²) >= 11 is 1.39. The predicted octanol–water partition coefficient (Wildman–Crippen LogP) is 0.576. The van der Waals surface area contributed by atoms with Crippen LogP contribution in [0.15, 0.2) is 17.5 Å². The Morgan fingerprint density at radius 3 is 3.16 bits per heavy atom. The third-order valence-electron chi connectivity index (χ3n) is 5.22. The van der Waals surface area contributed by atoms with Gasteiger partial charge in [0.15, 0.2) is 5.13 Å². The van der Waals surface area contributed by atoms with Gasteiger partial charge in [0, 0.05) is 24.9 Å². The van der Waals surface area contributed by atoms with Gasteiger partial charge in [0.25, 0.3) is 0 Å². The van der Waals surface area contributed by atoms with Crippen LogP contribution in [0.4, 0.5) is 5.13 Å². The Morgan fingerprint density at radius 2 is 2.44 bits per heavy atom. The Hall–Kier alpha value is -1.93. The minimum absolute atomic E-state index is 0.0427. The number of carbonyl (C=O) groups excluding carboxylic acids is 2. The minimum Gasteiger partial charge on any atom is -0.375 e. The molecule has 1 aromatic rings. The van der Waals surface area contributed by atoms with Crippen LogP contribution < -0.4 is 11.1 Å². The van der Waals surface area contributed by atoms with E-state index in [1.165, 1.54) is 11.3 Å². The first-order valence-corrected chi connectivity index (χ1v) is 9.55. The molecule has 4 heterocycles. The van der Waals surface area contributed by atoms with Gasteiger partial charge in [-0.05, 0) is 6.42 Å². The molecule has 3 aliphatic rings. The second-order valence-electron chi connectivity index (χ2n) is 6.88. The number of nitrogens with zero attached hydrogens (tertiary/aromatic N) is 2. The van der Waals surface area contributed by atoms with E-state index < -0.39 is 17.4 Å². The normalized spacial score (nSPS) is 32.4. The molecule has 2 bridgehead atoms. The highest BCUT2D eigenvalue weighted by Crippen LogP contribution is 2.51. The molecule has 0 radical (unpaired) electrons. The van der Waals surface area contributed by atoms with E-state index in [0.717, 1.165) is 12.1 Å². The van der Waals surface area contributed by atoms with Crippen LogP contribution in [-0.4, -0.2) is 53.0 Å². The highest BCUT2D eigenvalue weighted by molar-refractivity contribution is 7.13. The summed E-state index contributed by atoms with van der Waals surface area (Å²) in [5.74, 6) is -0.916. The van der Waals surface area contributed by atoms with Crippen LogP contribution in [0.3, 0.4) is 0 Å². The van der Waals surface area contributed by atoms with Crippen molar-refractivity contribution in [3.05, 3.63) is 23.2 Å². The predicted molar refractivity (Wildman–Crippen MR) is 93.8 cm³/mol. The zero-order valence-corrected chi connectivity index (χ0v) is 14.9. The molecular formula is C17H22N4O3S. The molecule has 134 valence electrons. The van der Waals surface area contributed by atoms with Gasteiger partial charge < -0.3 is 20.7 Å². The summed E-state index contributed by atoms with van der Waals surface area (Å²) in [6.45, 7) is 3.78. The number of aromatic nitrogens is 1. The van der Waals surface area contributed by atoms with E-state index in [0.29, 0.717) is 31.2 Å². The lowest BCUT2D eigenvalue weighted by molar-refractivity contribution is -0.137. The molecule has 1 aromatic heterocycles. The number of hydrogen-bond acceptors (Lipinski definition) is 6. The van der Waals surface area contributed by atoms with Crippen LogP contribution in [-0.2, 0) is 20.7 Å². The van der Waals surface area contributed by atoms with Crippen molar-refractivity contribution < 1.29 is 14.3 Å². The number of amides is 2. The van der Waals surface area contributed by atoms with Crippen LogP contribution in [0.1, 0.15) is 19.0 Å². The van der Waals surface area contributed by atoms with Crippen LogP contribution in [0, 0.1) is 11.8 Å².